The molecule has 1 atom stereocenters. The van der Waals surface area contributed by atoms with Crippen LogP contribution in [0, 0.1) is 5.92 Å². The van der Waals surface area contributed by atoms with Gasteiger partial charge in [-0.2, -0.15) is 0 Å². The van der Waals surface area contributed by atoms with E-state index >= 15 is 0 Å². The predicted octanol–water partition coefficient (Wildman–Crippen LogP) is 3.83. The smallest absolute Gasteiger partial charge is 0.265 e. The molecule has 0 bridgehead atoms. The number of phenols is 1. The average Bonchev–Trinajstić information content (AvgIpc) is 2.81. The summed E-state index contributed by atoms with van der Waals surface area (Å²) in [7, 11) is 0. The SMILES string of the molecule is CC1CCc2sc(C(=O)Nc3cccc(O)c3)cc2C1. The summed E-state index contributed by atoms with van der Waals surface area (Å²) >= 11 is 1.59. The van der Waals surface area contributed by atoms with Crippen molar-refractivity contribution in [3.8, 4) is 5.75 Å². The fraction of sp³-hybridized carbons (Fsp3) is 0.312. The molecule has 1 aromatic carbocycles. The molecular weight excluding hydrogens is 270 g/mol. The zero-order valence-corrected chi connectivity index (χ0v) is 12.2. The van der Waals surface area contributed by atoms with E-state index in [1.807, 2.05) is 6.07 Å². The van der Waals surface area contributed by atoms with Gasteiger partial charge >= 0.3 is 0 Å². The van der Waals surface area contributed by atoms with Crippen molar-refractivity contribution in [3.05, 3.63) is 45.6 Å². The van der Waals surface area contributed by atoms with E-state index in [2.05, 4.69) is 12.2 Å². The van der Waals surface area contributed by atoms with Crippen molar-refractivity contribution in [1.82, 2.24) is 0 Å². The Bertz CT molecular complexity index is 648. The van der Waals surface area contributed by atoms with Crippen LogP contribution < -0.4 is 5.32 Å². The van der Waals surface area contributed by atoms with E-state index in [1.165, 1.54) is 16.9 Å². The zero-order chi connectivity index (χ0) is 14.1. The first-order valence-corrected chi connectivity index (χ1v) is 7.65. The molecule has 0 fully saturated rings. The van der Waals surface area contributed by atoms with Crippen molar-refractivity contribution in [2.75, 3.05) is 5.32 Å². The highest BCUT2D eigenvalue weighted by molar-refractivity contribution is 7.14. The molecule has 1 amide bonds. The van der Waals surface area contributed by atoms with Gasteiger partial charge in [-0.15, -0.1) is 11.3 Å². The molecule has 2 N–H and O–H groups in total. The summed E-state index contributed by atoms with van der Waals surface area (Å²) in [6, 6.07) is 8.64. The lowest BCUT2D eigenvalue weighted by Gasteiger charge is -2.16. The molecule has 0 saturated heterocycles. The summed E-state index contributed by atoms with van der Waals surface area (Å²) in [5.41, 5.74) is 1.95. The van der Waals surface area contributed by atoms with Crippen molar-refractivity contribution >= 4 is 22.9 Å². The lowest BCUT2D eigenvalue weighted by Crippen LogP contribution is -2.10. The molecule has 3 nitrogen and oxygen atoms in total. The second-order valence-corrected chi connectivity index (χ2v) is 6.55. The molecule has 3 rings (SSSR count). The van der Waals surface area contributed by atoms with Crippen molar-refractivity contribution in [1.29, 1.82) is 0 Å². The number of phenolic OH excluding ortho intramolecular Hbond substituents is 1. The van der Waals surface area contributed by atoms with Crippen LogP contribution in [0.5, 0.6) is 5.75 Å². The van der Waals surface area contributed by atoms with Crippen LogP contribution >= 0.6 is 11.3 Å². The number of rotatable bonds is 2. The number of hydrogen-bond acceptors (Lipinski definition) is 3. The third-order valence-corrected chi connectivity index (χ3v) is 4.89. The molecule has 1 heterocycles. The van der Waals surface area contributed by atoms with E-state index in [0.29, 0.717) is 11.6 Å². The number of benzene rings is 1. The summed E-state index contributed by atoms with van der Waals surface area (Å²) in [5.74, 6) is 0.767. The summed E-state index contributed by atoms with van der Waals surface area (Å²) in [4.78, 5) is 14.4. The van der Waals surface area contributed by atoms with Gasteiger partial charge in [0.05, 0.1) is 4.88 Å². The van der Waals surface area contributed by atoms with Gasteiger partial charge in [0.25, 0.3) is 5.91 Å². The fourth-order valence-corrected chi connectivity index (χ4v) is 3.70. The van der Waals surface area contributed by atoms with Gasteiger partial charge in [0.1, 0.15) is 5.75 Å². The Balaban J connectivity index is 1.78. The maximum Gasteiger partial charge on any atom is 0.265 e. The highest BCUT2D eigenvalue weighted by Crippen LogP contribution is 2.32. The molecule has 0 radical (unpaired) electrons. The lowest BCUT2D eigenvalue weighted by atomic mass is 9.90. The van der Waals surface area contributed by atoms with Gasteiger partial charge < -0.3 is 10.4 Å². The number of carbonyl (C=O) groups excluding carboxylic acids is 1. The largest absolute Gasteiger partial charge is 0.508 e. The molecule has 1 aliphatic rings. The Kier molecular flexibility index (Phi) is 3.49. The number of amides is 1. The monoisotopic (exact) mass is 287 g/mol. The van der Waals surface area contributed by atoms with Crippen LogP contribution in [0.3, 0.4) is 0 Å². The zero-order valence-electron chi connectivity index (χ0n) is 11.3. The van der Waals surface area contributed by atoms with Crippen LogP contribution in [0.25, 0.3) is 0 Å². The van der Waals surface area contributed by atoms with Crippen molar-refractivity contribution in [2.45, 2.75) is 26.2 Å². The maximum atomic E-state index is 12.2. The fourth-order valence-electron chi connectivity index (χ4n) is 2.59. The second-order valence-electron chi connectivity index (χ2n) is 5.41. The highest BCUT2D eigenvalue weighted by Gasteiger charge is 2.20. The highest BCUT2D eigenvalue weighted by atomic mass is 32.1. The van der Waals surface area contributed by atoms with Gasteiger partial charge in [-0.05, 0) is 48.9 Å². The van der Waals surface area contributed by atoms with Gasteiger partial charge in [0.2, 0.25) is 0 Å². The molecule has 104 valence electrons. The first-order chi connectivity index (χ1) is 9.61. The van der Waals surface area contributed by atoms with E-state index in [1.54, 1.807) is 35.6 Å². The van der Waals surface area contributed by atoms with Gasteiger partial charge in [-0.3, -0.25) is 4.79 Å². The number of aromatic hydroxyl groups is 1. The third kappa shape index (κ3) is 2.70. The third-order valence-electron chi connectivity index (χ3n) is 3.66. The van der Waals surface area contributed by atoms with Crippen LogP contribution in [0.4, 0.5) is 5.69 Å². The minimum absolute atomic E-state index is 0.0948. The standard InChI is InChI=1S/C16H17NO2S/c1-10-5-6-14-11(7-10)8-15(20-14)16(19)17-12-3-2-4-13(18)9-12/h2-4,8-10,18H,5-7H2,1H3,(H,17,19). The Labute approximate surface area is 122 Å². The molecule has 0 saturated carbocycles. The predicted molar refractivity (Wildman–Crippen MR) is 81.6 cm³/mol. The number of thiophene rings is 1. The van der Waals surface area contributed by atoms with Crippen LogP contribution in [0.2, 0.25) is 0 Å². The van der Waals surface area contributed by atoms with Crippen molar-refractivity contribution < 1.29 is 9.90 Å². The Hall–Kier alpha value is -1.81. The number of anilines is 1. The van der Waals surface area contributed by atoms with Gasteiger partial charge in [0, 0.05) is 16.6 Å². The Morgan fingerprint density at radius 1 is 1.40 bits per heavy atom. The van der Waals surface area contributed by atoms with Gasteiger partial charge in [-0.1, -0.05) is 13.0 Å². The number of hydrogen-bond donors (Lipinski definition) is 2. The number of carbonyl (C=O) groups is 1. The average molecular weight is 287 g/mol. The summed E-state index contributed by atoms with van der Waals surface area (Å²) in [6.07, 6.45) is 3.37. The van der Waals surface area contributed by atoms with E-state index in [-0.39, 0.29) is 11.7 Å². The normalized spacial score (nSPS) is 17.6. The number of aryl methyl sites for hydroxylation is 1. The summed E-state index contributed by atoms with van der Waals surface area (Å²) < 4.78 is 0. The molecule has 1 unspecified atom stereocenters. The number of nitrogens with one attached hydrogen (secondary N) is 1. The summed E-state index contributed by atoms with van der Waals surface area (Å²) in [6.45, 7) is 2.26. The molecular formula is C16H17NO2S. The minimum atomic E-state index is -0.0948. The van der Waals surface area contributed by atoms with Crippen molar-refractivity contribution in [3.63, 3.8) is 0 Å². The van der Waals surface area contributed by atoms with E-state index in [4.69, 9.17) is 0 Å². The number of fused-ring (bicyclic) bond motifs is 1. The minimum Gasteiger partial charge on any atom is -0.508 e. The van der Waals surface area contributed by atoms with Crippen LogP contribution in [-0.2, 0) is 12.8 Å². The molecule has 1 aromatic heterocycles. The molecule has 2 aromatic rings. The molecule has 0 aliphatic heterocycles. The van der Waals surface area contributed by atoms with E-state index in [9.17, 15) is 9.90 Å². The Morgan fingerprint density at radius 2 is 2.25 bits per heavy atom. The first-order valence-electron chi connectivity index (χ1n) is 6.84. The van der Waals surface area contributed by atoms with E-state index in [0.717, 1.165) is 17.7 Å². The topological polar surface area (TPSA) is 49.3 Å². The molecule has 1 aliphatic carbocycles. The maximum absolute atomic E-state index is 12.2. The van der Waals surface area contributed by atoms with Crippen LogP contribution in [0.15, 0.2) is 30.3 Å². The van der Waals surface area contributed by atoms with Gasteiger partial charge in [-0.25, -0.2) is 0 Å². The van der Waals surface area contributed by atoms with E-state index < -0.39 is 0 Å². The quantitative estimate of drug-likeness (QED) is 0.882. The lowest BCUT2D eigenvalue weighted by molar-refractivity contribution is 0.103. The first kappa shape index (κ1) is 13.2. The molecule has 0 spiro atoms. The Morgan fingerprint density at radius 3 is 3.05 bits per heavy atom. The van der Waals surface area contributed by atoms with Crippen LogP contribution in [-0.4, -0.2) is 11.0 Å². The molecule has 4 heteroatoms. The molecule has 20 heavy (non-hydrogen) atoms. The van der Waals surface area contributed by atoms with Crippen LogP contribution in [0.1, 0.15) is 33.5 Å². The van der Waals surface area contributed by atoms with Gasteiger partial charge in [0.15, 0.2) is 0 Å². The summed E-state index contributed by atoms with van der Waals surface area (Å²) in [5, 5.41) is 12.2. The second kappa shape index (κ2) is 5.29. The van der Waals surface area contributed by atoms with Crippen molar-refractivity contribution in [2.24, 2.45) is 5.92 Å².